The number of nitrogens with one attached hydrogen (secondary N) is 1. The van der Waals surface area contributed by atoms with Crippen LogP contribution in [-0.2, 0) is 38.3 Å². The summed E-state index contributed by atoms with van der Waals surface area (Å²) >= 11 is 3.56. The zero-order chi connectivity index (χ0) is 31.9. The van der Waals surface area contributed by atoms with Crippen LogP contribution < -0.4 is 5.32 Å². The van der Waals surface area contributed by atoms with E-state index in [9.17, 15) is 9.59 Å². The fourth-order valence-electron chi connectivity index (χ4n) is 6.69. The van der Waals surface area contributed by atoms with Crippen molar-refractivity contribution in [3.8, 4) is 0 Å². The SMILES string of the molecule is COC(=O)C[C@H](C(=O)Cc1ccccc1CC[C@@H]1CN[C@H](C2=Nc3ccc(Br)cc3C2)CO1)C(c1ccccc1)c1ccccc1. The summed E-state index contributed by atoms with van der Waals surface area (Å²) in [5.41, 5.74) is 7.55. The molecule has 6 rings (SSSR count). The minimum atomic E-state index is -0.570. The lowest BCUT2D eigenvalue weighted by Gasteiger charge is -2.31. The molecule has 0 spiro atoms. The number of fused-ring (bicyclic) bond motifs is 1. The first-order valence-electron chi connectivity index (χ1n) is 16.0. The number of hydrogen-bond acceptors (Lipinski definition) is 6. The van der Waals surface area contributed by atoms with Crippen LogP contribution in [0.5, 0.6) is 0 Å². The third-order valence-corrected chi connectivity index (χ3v) is 9.63. The van der Waals surface area contributed by atoms with Crippen molar-refractivity contribution in [3.05, 3.63) is 135 Å². The van der Waals surface area contributed by atoms with Gasteiger partial charge < -0.3 is 14.8 Å². The van der Waals surface area contributed by atoms with Crippen LogP contribution in [-0.4, -0.2) is 49.9 Å². The number of rotatable bonds is 12. The minimum Gasteiger partial charge on any atom is -0.469 e. The molecule has 6 nitrogen and oxygen atoms in total. The van der Waals surface area contributed by atoms with Gasteiger partial charge in [0.05, 0.1) is 38.0 Å². The average molecular weight is 680 g/mol. The topological polar surface area (TPSA) is 77.0 Å². The zero-order valence-electron chi connectivity index (χ0n) is 26.0. The molecular weight excluding hydrogens is 640 g/mol. The van der Waals surface area contributed by atoms with Crippen molar-refractivity contribution < 1.29 is 19.1 Å². The number of benzene rings is 4. The van der Waals surface area contributed by atoms with Gasteiger partial charge in [-0.2, -0.15) is 0 Å². The Morgan fingerprint density at radius 3 is 2.26 bits per heavy atom. The smallest absolute Gasteiger partial charge is 0.306 e. The molecule has 0 bridgehead atoms. The number of carbonyl (C=O) groups is 2. The van der Waals surface area contributed by atoms with Gasteiger partial charge in [-0.15, -0.1) is 0 Å². The molecule has 1 fully saturated rings. The number of methoxy groups -OCH3 is 1. The summed E-state index contributed by atoms with van der Waals surface area (Å²) in [5.74, 6) is -1.20. The zero-order valence-corrected chi connectivity index (χ0v) is 27.6. The van der Waals surface area contributed by atoms with Crippen LogP contribution in [0.4, 0.5) is 5.69 Å². The minimum absolute atomic E-state index is 0.0162. The quantitative estimate of drug-likeness (QED) is 0.161. The predicted molar refractivity (Wildman–Crippen MR) is 185 cm³/mol. The van der Waals surface area contributed by atoms with E-state index in [0.29, 0.717) is 6.61 Å². The van der Waals surface area contributed by atoms with E-state index in [1.165, 1.54) is 12.7 Å². The van der Waals surface area contributed by atoms with Crippen LogP contribution in [0.3, 0.4) is 0 Å². The summed E-state index contributed by atoms with van der Waals surface area (Å²) < 4.78 is 12.5. The maximum absolute atomic E-state index is 14.2. The maximum atomic E-state index is 14.2. The molecule has 2 aliphatic rings. The third kappa shape index (κ3) is 7.72. The van der Waals surface area contributed by atoms with Gasteiger partial charge in [0.15, 0.2) is 0 Å². The molecule has 46 heavy (non-hydrogen) atoms. The van der Waals surface area contributed by atoms with E-state index in [1.807, 2.05) is 84.9 Å². The van der Waals surface area contributed by atoms with E-state index in [4.69, 9.17) is 14.5 Å². The second-order valence-electron chi connectivity index (χ2n) is 12.1. The van der Waals surface area contributed by atoms with Gasteiger partial charge in [0, 0.05) is 41.4 Å². The van der Waals surface area contributed by atoms with Gasteiger partial charge in [-0.3, -0.25) is 14.6 Å². The normalized spacial score (nSPS) is 18.1. The van der Waals surface area contributed by atoms with Crippen molar-refractivity contribution in [1.29, 1.82) is 0 Å². The molecule has 2 aliphatic heterocycles. The molecule has 0 aromatic heterocycles. The molecule has 4 aromatic rings. The number of morpholine rings is 1. The first-order valence-corrected chi connectivity index (χ1v) is 16.7. The summed E-state index contributed by atoms with van der Waals surface area (Å²) in [7, 11) is 1.38. The number of aryl methyl sites for hydroxylation is 1. The summed E-state index contributed by atoms with van der Waals surface area (Å²) in [6.45, 7) is 1.34. The fourth-order valence-corrected chi connectivity index (χ4v) is 7.09. The van der Waals surface area contributed by atoms with E-state index < -0.39 is 5.92 Å². The highest BCUT2D eigenvalue weighted by atomic mass is 79.9. The second-order valence-corrected chi connectivity index (χ2v) is 13.0. The summed E-state index contributed by atoms with van der Waals surface area (Å²) in [6.07, 6.45) is 2.81. The van der Waals surface area contributed by atoms with E-state index in [-0.39, 0.29) is 42.7 Å². The fraction of sp³-hybridized carbons (Fsp3) is 0.308. The molecule has 0 aliphatic carbocycles. The lowest BCUT2D eigenvalue weighted by Crippen LogP contribution is -2.50. The molecule has 1 saturated heterocycles. The molecule has 7 heteroatoms. The molecule has 2 heterocycles. The number of Topliss-reactive ketones (excluding diaryl/α,β-unsaturated/α-hetero) is 1. The second kappa shape index (κ2) is 15.1. The van der Waals surface area contributed by atoms with Crippen LogP contribution in [0.2, 0.25) is 0 Å². The van der Waals surface area contributed by atoms with Crippen LogP contribution in [0, 0.1) is 5.92 Å². The highest BCUT2D eigenvalue weighted by Crippen LogP contribution is 2.36. The van der Waals surface area contributed by atoms with Gasteiger partial charge in [0.25, 0.3) is 0 Å². The third-order valence-electron chi connectivity index (χ3n) is 9.14. The lowest BCUT2D eigenvalue weighted by atomic mass is 9.75. The summed E-state index contributed by atoms with van der Waals surface area (Å²) in [5, 5.41) is 3.66. The van der Waals surface area contributed by atoms with Crippen molar-refractivity contribution >= 4 is 39.1 Å². The van der Waals surface area contributed by atoms with Crippen molar-refractivity contribution in [1.82, 2.24) is 5.32 Å². The predicted octanol–water partition coefficient (Wildman–Crippen LogP) is 7.19. The van der Waals surface area contributed by atoms with E-state index >= 15 is 0 Å². The van der Waals surface area contributed by atoms with E-state index in [1.54, 1.807) is 0 Å². The maximum Gasteiger partial charge on any atom is 0.306 e. The number of aliphatic imine (C=N–C) groups is 1. The monoisotopic (exact) mass is 678 g/mol. The number of nitrogens with zero attached hydrogens (tertiary/aromatic N) is 1. The molecule has 4 aromatic carbocycles. The van der Waals surface area contributed by atoms with Gasteiger partial charge in [-0.05, 0) is 58.9 Å². The van der Waals surface area contributed by atoms with Crippen molar-refractivity contribution in [2.45, 2.75) is 50.2 Å². The number of ether oxygens (including phenoxy) is 2. The number of carbonyl (C=O) groups excluding carboxylic acids is 2. The number of halogens is 1. The summed E-state index contributed by atoms with van der Waals surface area (Å²) in [6, 6.07) is 34.4. The summed E-state index contributed by atoms with van der Waals surface area (Å²) in [4.78, 5) is 31.7. The first kappa shape index (κ1) is 32.0. The Morgan fingerprint density at radius 1 is 0.935 bits per heavy atom. The number of ketones is 1. The molecule has 0 amide bonds. The molecular formula is C39H39BrN2O4. The van der Waals surface area contributed by atoms with Gasteiger partial charge >= 0.3 is 5.97 Å². The molecule has 0 unspecified atom stereocenters. The van der Waals surface area contributed by atoms with Gasteiger partial charge in [-0.1, -0.05) is 101 Å². The Morgan fingerprint density at radius 2 is 1.61 bits per heavy atom. The molecule has 1 N–H and O–H groups in total. The highest BCUT2D eigenvalue weighted by molar-refractivity contribution is 9.10. The molecule has 236 valence electrons. The first-order chi connectivity index (χ1) is 22.5. The van der Waals surface area contributed by atoms with Gasteiger partial charge in [0.1, 0.15) is 5.78 Å². The van der Waals surface area contributed by atoms with Gasteiger partial charge in [0.2, 0.25) is 0 Å². The number of hydrogen-bond donors (Lipinski definition) is 1. The Balaban J connectivity index is 1.12. The number of esters is 1. The molecule has 3 atom stereocenters. The van der Waals surface area contributed by atoms with Crippen LogP contribution in [0.25, 0.3) is 0 Å². The largest absolute Gasteiger partial charge is 0.469 e. The highest BCUT2D eigenvalue weighted by Gasteiger charge is 2.33. The van der Waals surface area contributed by atoms with Crippen LogP contribution >= 0.6 is 15.9 Å². The van der Waals surface area contributed by atoms with Gasteiger partial charge in [-0.25, -0.2) is 0 Å². The Bertz CT molecular complexity index is 1640. The lowest BCUT2D eigenvalue weighted by molar-refractivity contribution is -0.144. The Kier molecular flexibility index (Phi) is 10.5. The van der Waals surface area contributed by atoms with Crippen LogP contribution in [0.15, 0.2) is 113 Å². The van der Waals surface area contributed by atoms with Crippen molar-refractivity contribution in [3.63, 3.8) is 0 Å². The van der Waals surface area contributed by atoms with Crippen molar-refractivity contribution in [2.75, 3.05) is 20.3 Å². The Labute approximate surface area is 279 Å². The molecule has 0 saturated carbocycles. The Hall–Kier alpha value is -3.91. The van der Waals surface area contributed by atoms with Crippen LogP contribution in [0.1, 0.15) is 46.6 Å². The van der Waals surface area contributed by atoms with E-state index in [0.717, 1.165) is 63.9 Å². The van der Waals surface area contributed by atoms with Crippen molar-refractivity contribution in [2.24, 2.45) is 10.9 Å². The standard InChI is InChI=1S/C39H39BrN2O4/c1-45-38(44)23-33(39(27-11-4-2-5-12-27)28-13-6-3-7-14-28)37(43)22-29-15-9-8-10-26(29)16-18-32-24-41-36(25-46-32)35-21-30-20-31(40)17-19-34(30)42-35/h2-15,17,19-20,32-33,36,39,41H,16,18,21-25H2,1H3/t32-,33-,36+/m1/s1. The average Bonchev–Trinajstić information content (AvgIpc) is 3.52. The van der Waals surface area contributed by atoms with E-state index in [2.05, 4.69) is 39.4 Å². The molecule has 0 radical (unpaired) electrons.